The molecule has 1 rings (SSSR count). The number of anilines is 1. The van der Waals surface area contributed by atoms with Crippen LogP contribution in [0, 0.1) is 0 Å². The van der Waals surface area contributed by atoms with E-state index in [0.29, 0.717) is 6.61 Å². The van der Waals surface area contributed by atoms with Gasteiger partial charge in [0.2, 0.25) is 5.95 Å². The summed E-state index contributed by atoms with van der Waals surface area (Å²) < 4.78 is 9.30. The zero-order valence-electron chi connectivity index (χ0n) is 7.33. The van der Waals surface area contributed by atoms with Crippen LogP contribution < -0.4 is 10.1 Å². The third-order valence-electron chi connectivity index (χ3n) is 1.14. The van der Waals surface area contributed by atoms with Crippen LogP contribution in [0.25, 0.3) is 0 Å². The van der Waals surface area contributed by atoms with Gasteiger partial charge in [-0.1, -0.05) is 0 Å². The fourth-order valence-corrected chi connectivity index (χ4v) is 0.657. The molecule has 2 N–H and O–H groups in total. The number of carbonyl (C=O) groups excluding carboxylic acids is 1. The van der Waals surface area contributed by atoms with Crippen molar-refractivity contribution in [3.63, 3.8) is 0 Å². The molecule has 0 radical (unpaired) electrons. The first-order valence-corrected chi connectivity index (χ1v) is 3.66. The van der Waals surface area contributed by atoms with Crippen LogP contribution in [0.5, 0.6) is 6.01 Å². The quantitative estimate of drug-likeness (QED) is 0.712. The van der Waals surface area contributed by atoms with Crippen molar-refractivity contribution in [2.45, 2.75) is 6.92 Å². The number of ether oxygens (including phenoxy) is 2. The molecule has 13 heavy (non-hydrogen) atoms. The summed E-state index contributed by atoms with van der Waals surface area (Å²) in [7, 11) is 1.43. The molecule has 7 heteroatoms. The van der Waals surface area contributed by atoms with Crippen molar-refractivity contribution in [2.75, 3.05) is 19.0 Å². The maximum absolute atomic E-state index is 10.8. The highest BCUT2D eigenvalue weighted by molar-refractivity contribution is 5.82. The number of hydrogen-bond acceptors (Lipinski definition) is 5. The number of aromatic amines is 1. The summed E-state index contributed by atoms with van der Waals surface area (Å²) >= 11 is 0. The molecule has 0 aliphatic rings. The number of nitrogens with zero attached hydrogens (tertiary/aromatic N) is 2. The summed E-state index contributed by atoms with van der Waals surface area (Å²) in [5.74, 6) is 0.190. The fourth-order valence-electron chi connectivity index (χ4n) is 0.657. The Morgan fingerprint density at radius 3 is 3.00 bits per heavy atom. The molecule has 0 atom stereocenters. The predicted molar refractivity (Wildman–Crippen MR) is 43.6 cm³/mol. The van der Waals surface area contributed by atoms with Gasteiger partial charge in [-0.05, 0) is 6.92 Å². The fraction of sp³-hybridized carbons (Fsp3) is 0.500. The van der Waals surface area contributed by atoms with E-state index in [4.69, 9.17) is 4.74 Å². The zero-order chi connectivity index (χ0) is 9.68. The summed E-state index contributed by atoms with van der Waals surface area (Å²) in [5.41, 5.74) is 0. The number of nitrogens with one attached hydrogen (secondary N) is 2. The van der Waals surface area contributed by atoms with Gasteiger partial charge in [0, 0.05) is 0 Å². The Kier molecular flexibility index (Phi) is 3.07. The molecule has 0 aliphatic heterocycles. The Balaban J connectivity index is 2.49. The highest BCUT2D eigenvalue weighted by Crippen LogP contribution is 2.04. The molecule has 1 amide bonds. The average molecular weight is 186 g/mol. The first-order valence-electron chi connectivity index (χ1n) is 3.66. The number of carbonyl (C=O) groups is 1. The van der Waals surface area contributed by atoms with Crippen LogP contribution in [-0.4, -0.2) is 35.0 Å². The Bertz CT molecular complexity index is 285. The van der Waals surface area contributed by atoms with Crippen LogP contribution in [0.3, 0.4) is 0 Å². The Labute approximate surface area is 74.4 Å². The highest BCUT2D eigenvalue weighted by atomic mass is 16.5. The van der Waals surface area contributed by atoms with E-state index in [0.717, 1.165) is 0 Å². The van der Waals surface area contributed by atoms with E-state index >= 15 is 0 Å². The Morgan fingerprint density at radius 2 is 2.46 bits per heavy atom. The molecule has 1 aromatic heterocycles. The van der Waals surface area contributed by atoms with E-state index in [-0.39, 0.29) is 12.0 Å². The smallest absolute Gasteiger partial charge is 0.413 e. The molecule has 0 aliphatic carbocycles. The van der Waals surface area contributed by atoms with Crippen molar-refractivity contribution >= 4 is 12.0 Å². The minimum atomic E-state index is -0.582. The summed E-state index contributed by atoms with van der Waals surface area (Å²) in [6, 6.07) is 0.159. The number of methoxy groups -OCH3 is 1. The SMILES string of the molecule is CCOC(=O)Nc1nc(OC)n[nH]1. The lowest BCUT2D eigenvalue weighted by atomic mass is 10.8. The van der Waals surface area contributed by atoms with Crippen molar-refractivity contribution < 1.29 is 14.3 Å². The van der Waals surface area contributed by atoms with E-state index in [2.05, 4.69) is 25.2 Å². The number of aromatic nitrogens is 3. The van der Waals surface area contributed by atoms with Crippen LogP contribution in [0.15, 0.2) is 0 Å². The normalized spacial score (nSPS) is 9.38. The first kappa shape index (κ1) is 9.30. The van der Waals surface area contributed by atoms with Gasteiger partial charge in [-0.25, -0.2) is 9.89 Å². The van der Waals surface area contributed by atoms with Crippen molar-refractivity contribution in [3.8, 4) is 6.01 Å². The van der Waals surface area contributed by atoms with Crippen molar-refractivity contribution in [1.29, 1.82) is 0 Å². The van der Waals surface area contributed by atoms with E-state index in [1.807, 2.05) is 0 Å². The van der Waals surface area contributed by atoms with Gasteiger partial charge in [-0.3, -0.25) is 5.32 Å². The second-order valence-corrected chi connectivity index (χ2v) is 2.02. The zero-order valence-corrected chi connectivity index (χ0v) is 7.33. The molecule has 0 saturated heterocycles. The Morgan fingerprint density at radius 1 is 1.69 bits per heavy atom. The van der Waals surface area contributed by atoms with Crippen LogP contribution in [0.2, 0.25) is 0 Å². The molecule has 72 valence electrons. The minimum Gasteiger partial charge on any atom is -0.466 e. The van der Waals surface area contributed by atoms with Crippen molar-refractivity contribution in [2.24, 2.45) is 0 Å². The average Bonchev–Trinajstić information content (AvgIpc) is 2.52. The Hall–Kier alpha value is -1.79. The molecule has 0 bridgehead atoms. The summed E-state index contributed by atoms with van der Waals surface area (Å²) in [5, 5.41) is 8.39. The predicted octanol–water partition coefficient (Wildman–Crippen LogP) is 0.382. The number of H-pyrrole nitrogens is 1. The lowest BCUT2D eigenvalue weighted by molar-refractivity contribution is 0.167. The first-order chi connectivity index (χ1) is 6.26. The molecule has 7 nitrogen and oxygen atoms in total. The van der Waals surface area contributed by atoms with Gasteiger partial charge < -0.3 is 9.47 Å². The molecular formula is C6H10N4O3. The van der Waals surface area contributed by atoms with Crippen LogP contribution >= 0.6 is 0 Å². The molecule has 0 aromatic carbocycles. The van der Waals surface area contributed by atoms with Gasteiger partial charge in [0.05, 0.1) is 13.7 Å². The van der Waals surface area contributed by atoms with Gasteiger partial charge in [0.1, 0.15) is 0 Å². The van der Waals surface area contributed by atoms with Crippen molar-refractivity contribution in [1.82, 2.24) is 15.2 Å². The minimum absolute atomic E-state index is 0.159. The summed E-state index contributed by atoms with van der Waals surface area (Å²) in [6.07, 6.45) is -0.582. The number of hydrogen-bond donors (Lipinski definition) is 2. The van der Waals surface area contributed by atoms with E-state index in [1.165, 1.54) is 7.11 Å². The maximum atomic E-state index is 10.8. The van der Waals surface area contributed by atoms with Crippen molar-refractivity contribution in [3.05, 3.63) is 0 Å². The molecule has 1 aromatic rings. The van der Waals surface area contributed by atoms with Gasteiger partial charge in [0.15, 0.2) is 0 Å². The third kappa shape index (κ3) is 2.62. The molecule has 0 fully saturated rings. The molecule has 0 spiro atoms. The topological polar surface area (TPSA) is 89.1 Å². The van der Waals surface area contributed by atoms with Gasteiger partial charge in [0.25, 0.3) is 0 Å². The molecular weight excluding hydrogens is 176 g/mol. The lowest BCUT2D eigenvalue weighted by Crippen LogP contribution is -2.14. The molecule has 0 saturated carbocycles. The summed E-state index contributed by atoms with van der Waals surface area (Å²) in [4.78, 5) is 14.6. The van der Waals surface area contributed by atoms with Crippen LogP contribution in [0.1, 0.15) is 6.92 Å². The van der Waals surface area contributed by atoms with Gasteiger partial charge in [-0.15, -0.1) is 5.10 Å². The standard InChI is InChI=1S/C6H10N4O3/c1-3-13-6(11)8-4-7-5(12-2)10-9-4/h3H2,1-2H3,(H2,7,8,9,10,11). The van der Waals surface area contributed by atoms with Gasteiger partial charge >= 0.3 is 12.1 Å². The maximum Gasteiger partial charge on any atom is 0.413 e. The van der Waals surface area contributed by atoms with Crippen LogP contribution in [0.4, 0.5) is 10.7 Å². The highest BCUT2D eigenvalue weighted by Gasteiger charge is 2.06. The molecule has 0 unspecified atom stereocenters. The van der Waals surface area contributed by atoms with E-state index in [1.54, 1.807) is 6.92 Å². The number of rotatable bonds is 3. The second kappa shape index (κ2) is 4.29. The summed E-state index contributed by atoms with van der Waals surface area (Å²) in [6.45, 7) is 2.01. The van der Waals surface area contributed by atoms with E-state index < -0.39 is 6.09 Å². The second-order valence-electron chi connectivity index (χ2n) is 2.02. The lowest BCUT2D eigenvalue weighted by Gasteiger charge is -1.99. The number of amides is 1. The van der Waals surface area contributed by atoms with E-state index in [9.17, 15) is 4.79 Å². The van der Waals surface area contributed by atoms with Gasteiger partial charge in [-0.2, -0.15) is 4.98 Å². The largest absolute Gasteiger partial charge is 0.466 e. The molecule has 1 heterocycles. The van der Waals surface area contributed by atoms with Crippen LogP contribution in [-0.2, 0) is 4.74 Å². The monoisotopic (exact) mass is 186 g/mol. The third-order valence-corrected chi connectivity index (χ3v) is 1.14.